The van der Waals surface area contributed by atoms with E-state index in [2.05, 4.69) is 10.3 Å². The van der Waals surface area contributed by atoms with Crippen LogP contribution in [0.4, 0.5) is 4.39 Å². The lowest BCUT2D eigenvalue weighted by Crippen LogP contribution is -2.19. The monoisotopic (exact) mass is 264 g/mol. The third-order valence-corrected chi connectivity index (χ3v) is 3.45. The summed E-state index contributed by atoms with van der Waals surface area (Å²) in [4.78, 5) is 3.76. The fourth-order valence-corrected chi connectivity index (χ4v) is 2.23. The summed E-state index contributed by atoms with van der Waals surface area (Å²) in [5, 5.41) is 3.75. The van der Waals surface area contributed by atoms with Crippen molar-refractivity contribution in [1.82, 2.24) is 10.3 Å². The predicted octanol–water partition coefficient (Wildman–Crippen LogP) is 3.49. The number of hydrogen-bond donors (Lipinski definition) is 1. The summed E-state index contributed by atoms with van der Waals surface area (Å²) in [6.45, 7) is 1.93. The highest BCUT2D eigenvalue weighted by molar-refractivity contribution is 6.32. The van der Waals surface area contributed by atoms with Crippen molar-refractivity contribution in [3.8, 4) is 0 Å². The van der Waals surface area contributed by atoms with Crippen molar-refractivity contribution in [2.24, 2.45) is 0 Å². The molecule has 1 N–H and O–H groups in total. The highest BCUT2D eigenvalue weighted by Gasteiger charge is 2.19. The molecule has 1 unspecified atom stereocenters. The van der Waals surface area contributed by atoms with Crippen molar-refractivity contribution < 1.29 is 4.39 Å². The molecule has 2 aromatic rings. The SMILES string of the molecule is CNC(c1ccncc1F)c1cccc(C)c1Cl. The third-order valence-electron chi connectivity index (χ3n) is 2.94. The van der Waals surface area contributed by atoms with E-state index in [1.54, 1.807) is 19.3 Å². The summed E-state index contributed by atoms with van der Waals surface area (Å²) in [5.74, 6) is -0.338. The van der Waals surface area contributed by atoms with Crippen LogP contribution in [0.5, 0.6) is 0 Å². The van der Waals surface area contributed by atoms with Crippen LogP contribution in [0, 0.1) is 12.7 Å². The molecule has 1 aromatic carbocycles. The summed E-state index contributed by atoms with van der Waals surface area (Å²) in [6.07, 6.45) is 2.79. The second-order valence-corrected chi connectivity index (χ2v) is 4.47. The standard InChI is InChI=1S/C14H14ClFN2/c1-9-4-3-5-11(13(9)15)14(17-2)10-6-7-18-8-12(10)16/h3-8,14,17H,1-2H3. The van der Waals surface area contributed by atoms with E-state index in [1.807, 2.05) is 25.1 Å². The molecule has 0 spiro atoms. The van der Waals surface area contributed by atoms with Gasteiger partial charge in [-0.05, 0) is 31.2 Å². The normalized spacial score (nSPS) is 12.4. The Morgan fingerprint density at radius 2 is 2.06 bits per heavy atom. The van der Waals surface area contributed by atoms with Crippen molar-refractivity contribution in [2.45, 2.75) is 13.0 Å². The van der Waals surface area contributed by atoms with Crippen LogP contribution in [0.25, 0.3) is 0 Å². The zero-order valence-electron chi connectivity index (χ0n) is 10.2. The largest absolute Gasteiger partial charge is 0.309 e. The van der Waals surface area contributed by atoms with Crippen LogP contribution in [-0.2, 0) is 0 Å². The Hall–Kier alpha value is -1.45. The number of nitrogens with one attached hydrogen (secondary N) is 1. The van der Waals surface area contributed by atoms with Gasteiger partial charge in [-0.15, -0.1) is 0 Å². The van der Waals surface area contributed by atoms with E-state index >= 15 is 0 Å². The first-order chi connectivity index (χ1) is 8.65. The van der Waals surface area contributed by atoms with Crippen LogP contribution < -0.4 is 5.32 Å². The van der Waals surface area contributed by atoms with Gasteiger partial charge in [0.15, 0.2) is 0 Å². The van der Waals surface area contributed by atoms with Gasteiger partial charge < -0.3 is 5.32 Å². The van der Waals surface area contributed by atoms with Gasteiger partial charge in [0.2, 0.25) is 0 Å². The lowest BCUT2D eigenvalue weighted by molar-refractivity contribution is 0.570. The quantitative estimate of drug-likeness (QED) is 0.918. The van der Waals surface area contributed by atoms with Gasteiger partial charge in [0, 0.05) is 16.8 Å². The van der Waals surface area contributed by atoms with Crippen LogP contribution in [0.2, 0.25) is 5.02 Å². The summed E-state index contributed by atoms with van der Waals surface area (Å²) in [5.41, 5.74) is 2.38. The molecule has 2 rings (SSSR count). The Balaban J connectivity index is 2.53. The lowest BCUT2D eigenvalue weighted by atomic mass is 9.98. The van der Waals surface area contributed by atoms with Gasteiger partial charge >= 0.3 is 0 Å². The Labute approximate surface area is 111 Å². The first kappa shape index (κ1) is 13.0. The number of nitrogens with zero attached hydrogens (tertiary/aromatic N) is 1. The average Bonchev–Trinajstić information content (AvgIpc) is 2.37. The van der Waals surface area contributed by atoms with E-state index in [-0.39, 0.29) is 11.9 Å². The zero-order chi connectivity index (χ0) is 13.1. The first-order valence-corrected chi connectivity index (χ1v) is 6.04. The minimum atomic E-state index is -0.338. The number of benzene rings is 1. The minimum absolute atomic E-state index is 0.277. The summed E-state index contributed by atoms with van der Waals surface area (Å²) in [6, 6.07) is 7.13. The summed E-state index contributed by atoms with van der Waals surface area (Å²) < 4.78 is 13.8. The van der Waals surface area contributed by atoms with E-state index in [9.17, 15) is 4.39 Å². The molecule has 1 aromatic heterocycles. The average molecular weight is 265 g/mol. The molecule has 1 heterocycles. The second-order valence-electron chi connectivity index (χ2n) is 4.10. The topological polar surface area (TPSA) is 24.9 Å². The van der Waals surface area contributed by atoms with Gasteiger partial charge in [-0.1, -0.05) is 29.8 Å². The molecule has 4 heteroatoms. The van der Waals surface area contributed by atoms with Crippen LogP contribution in [-0.4, -0.2) is 12.0 Å². The minimum Gasteiger partial charge on any atom is -0.309 e. The molecule has 1 atom stereocenters. The van der Waals surface area contributed by atoms with Gasteiger partial charge in [-0.3, -0.25) is 4.98 Å². The fourth-order valence-electron chi connectivity index (χ4n) is 1.99. The zero-order valence-corrected chi connectivity index (χ0v) is 11.0. The van der Waals surface area contributed by atoms with Gasteiger partial charge in [-0.2, -0.15) is 0 Å². The third kappa shape index (κ3) is 2.37. The molecule has 0 saturated heterocycles. The molecule has 18 heavy (non-hydrogen) atoms. The molecule has 0 aliphatic rings. The number of aryl methyl sites for hydroxylation is 1. The smallest absolute Gasteiger partial charge is 0.146 e. The van der Waals surface area contributed by atoms with Gasteiger partial charge in [-0.25, -0.2) is 4.39 Å². The molecule has 0 fully saturated rings. The summed E-state index contributed by atoms with van der Waals surface area (Å²) >= 11 is 6.29. The second kappa shape index (κ2) is 5.46. The maximum absolute atomic E-state index is 13.8. The highest BCUT2D eigenvalue weighted by atomic mass is 35.5. The molecule has 0 aliphatic heterocycles. The Morgan fingerprint density at radius 1 is 1.28 bits per heavy atom. The van der Waals surface area contributed by atoms with Crippen molar-refractivity contribution >= 4 is 11.6 Å². The Bertz CT molecular complexity index is 557. The highest BCUT2D eigenvalue weighted by Crippen LogP contribution is 2.31. The van der Waals surface area contributed by atoms with Crippen molar-refractivity contribution in [2.75, 3.05) is 7.05 Å². The molecule has 0 amide bonds. The number of halogens is 2. The lowest BCUT2D eigenvalue weighted by Gasteiger charge is -2.19. The van der Waals surface area contributed by atoms with Gasteiger partial charge in [0.05, 0.1) is 12.2 Å². The molecular weight excluding hydrogens is 251 g/mol. The Morgan fingerprint density at radius 3 is 2.72 bits per heavy atom. The molecule has 0 saturated carbocycles. The van der Waals surface area contributed by atoms with E-state index in [0.717, 1.165) is 11.1 Å². The van der Waals surface area contributed by atoms with Crippen molar-refractivity contribution in [1.29, 1.82) is 0 Å². The van der Waals surface area contributed by atoms with Crippen LogP contribution >= 0.6 is 11.6 Å². The number of pyridine rings is 1. The number of rotatable bonds is 3. The van der Waals surface area contributed by atoms with Crippen molar-refractivity contribution in [3.63, 3.8) is 0 Å². The van der Waals surface area contributed by atoms with Crippen LogP contribution in [0.3, 0.4) is 0 Å². The van der Waals surface area contributed by atoms with Crippen LogP contribution in [0.1, 0.15) is 22.7 Å². The van der Waals surface area contributed by atoms with E-state index in [4.69, 9.17) is 11.6 Å². The Kier molecular flexibility index (Phi) is 3.94. The van der Waals surface area contributed by atoms with Crippen molar-refractivity contribution in [3.05, 3.63) is 64.2 Å². The fraction of sp³-hybridized carbons (Fsp3) is 0.214. The first-order valence-electron chi connectivity index (χ1n) is 5.67. The molecule has 94 valence electrons. The number of hydrogen-bond acceptors (Lipinski definition) is 2. The maximum atomic E-state index is 13.8. The molecule has 2 nitrogen and oxygen atoms in total. The number of aromatic nitrogens is 1. The molecular formula is C14H14ClFN2. The molecule has 0 radical (unpaired) electrons. The van der Waals surface area contributed by atoms with Gasteiger partial charge in [0.25, 0.3) is 0 Å². The van der Waals surface area contributed by atoms with E-state index in [1.165, 1.54) is 6.20 Å². The van der Waals surface area contributed by atoms with Gasteiger partial charge in [0.1, 0.15) is 5.82 Å². The molecule has 0 bridgehead atoms. The van der Waals surface area contributed by atoms with E-state index in [0.29, 0.717) is 10.6 Å². The summed E-state index contributed by atoms with van der Waals surface area (Å²) in [7, 11) is 1.78. The van der Waals surface area contributed by atoms with Crippen LogP contribution in [0.15, 0.2) is 36.7 Å². The maximum Gasteiger partial charge on any atom is 0.146 e. The molecule has 0 aliphatic carbocycles. The van der Waals surface area contributed by atoms with E-state index < -0.39 is 0 Å². The predicted molar refractivity (Wildman–Crippen MR) is 71.3 cm³/mol.